The first kappa shape index (κ1) is 22.7. The number of rotatable bonds is 7. The maximum absolute atomic E-state index is 14.6. The van der Waals surface area contributed by atoms with Crippen LogP contribution in [0, 0.1) is 5.82 Å². The molecule has 1 unspecified atom stereocenters. The molecule has 0 aliphatic carbocycles. The molecule has 4 heterocycles. The van der Waals surface area contributed by atoms with Crippen molar-refractivity contribution in [1.29, 1.82) is 0 Å². The van der Waals surface area contributed by atoms with E-state index in [9.17, 15) is 9.50 Å². The van der Waals surface area contributed by atoms with Gasteiger partial charge >= 0.3 is 0 Å². The summed E-state index contributed by atoms with van der Waals surface area (Å²) in [6.45, 7) is 2.51. The van der Waals surface area contributed by atoms with E-state index in [2.05, 4.69) is 15.3 Å². The zero-order valence-corrected chi connectivity index (χ0v) is 18.7. The van der Waals surface area contributed by atoms with Crippen LogP contribution in [-0.4, -0.2) is 60.9 Å². The summed E-state index contributed by atoms with van der Waals surface area (Å²) in [5.41, 5.74) is 1.83. The molecule has 1 aromatic carbocycles. The number of benzene rings is 1. The van der Waals surface area contributed by atoms with Crippen LogP contribution in [0.3, 0.4) is 0 Å². The summed E-state index contributed by atoms with van der Waals surface area (Å²) in [7, 11) is 1.47. The van der Waals surface area contributed by atoms with Crippen LogP contribution in [0.15, 0.2) is 36.5 Å². The van der Waals surface area contributed by atoms with E-state index in [1.165, 1.54) is 7.11 Å². The van der Waals surface area contributed by atoms with Gasteiger partial charge < -0.3 is 34.1 Å². The molecule has 1 atom stereocenters. The van der Waals surface area contributed by atoms with E-state index in [0.717, 1.165) is 23.3 Å². The number of ether oxygens (including phenoxy) is 5. The Kier molecular flexibility index (Phi) is 6.73. The van der Waals surface area contributed by atoms with Gasteiger partial charge in [0.05, 0.1) is 44.2 Å². The van der Waals surface area contributed by atoms with E-state index < -0.39 is 18.2 Å². The lowest BCUT2D eigenvalue weighted by Gasteiger charge is -2.31. The number of pyridine rings is 2. The molecule has 0 amide bonds. The third kappa shape index (κ3) is 4.90. The molecule has 0 saturated carbocycles. The van der Waals surface area contributed by atoms with Crippen molar-refractivity contribution in [3.63, 3.8) is 0 Å². The van der Waals surface area contributed by atoms with Crippen LogP contribution < -0.4 is 19.5 Å². The smallest absolute Gasteiger partial charge is 0.213 e. The Morgan fingerprint density at radius 3 is 2.74 bits per heavy atom. The summed E-state index contributed by atoms with van der Waals surface area (Å²) in [6.07, 6.45) is -0.716. The van der Waals surface area contributed by atoms with Crippen molar-refractivity contribution in [2.45, 2.75) is 31.4 Å². The molecule has 1 fully saturated rings. The summed E-state index contributed by atoms with van der Waals surface area (Å²) >= 11 is 0. The molecular weight excluding hydrogens is 445 g/mol. The second-order valence-corrected chi connectivity index (χ2v) is 8.14. The number of hydrogen-bond acceptors (Lipinski definition) is 9. The lowest BCUT2D eigenvalue weighted by molar-refractivity contribution is -0.202. The Balaban J connectivity index is 1.16. The molecule has 0 radical (unpaired) electrons. The van der Waals surface area contributed by atoms with E-state index in [0.29, 0.717) is 44.4 Å². The van der Waals surface area contributed by atoms with Crippen molar-refractivity contribution in [2.75, 3.05) is 33.5 Å². The molecule has 5 rings (SSSR count). The van der Waals surface area contributed by atoms with E-state index in [4.69, 9.17) is 23.7 Å². The molecule has 0 bridgehead atoms. The summed E-state index contributed by atoms with van der Waals surface area (Å²) in [4.78, 5) is 8.30. The fourth-order valence-corrected chi connectivity index (χ4v) is 4.03. The average molecular weight is 471 g/mol. The third-order valence-corrected chi connectivity index (χ3v) is 5.80. The van der Waals surface area contributed by atoms with Gasteiger partial charge in [0.25, 0.3) is 0 Å². The van der Waals surface area contributed by atoms with Crippen molar-refractivity contribution in [2.24, 2.45) is 0 Å². The minimum Gasteiger partial charge on any atom is -0.486 e. The van der Waals surface area contributed by atoms with Crippen LogP contribution >= 0.6 is 0 Å². The predicted molar refractivity (Wildman–Crippen MR) is 119 cm³/mol. The highest BCUT2D eigenvalue weighted by Crippen LogP contribution is 2.32. The Labute approximate surface area is 195 Å². The SMILES string of the molecule is COc1ccc2ncc(F)c(C(O)CC3OCC(NCc4ccc5c(c4)OCCO5)CO3)c2n1. The number of methoxy groups -OCH3 is 1. The highest BCUT2D eigenvalue weighted by molar-refractivity contribution is 5.78. The lowest BCUT2D eigenvalue weighted by atomic mass is 10.0. The molecule has 2 N–H and O–H groups in total. The van der Waals surface area contributed by atoms with Gasteiger partial charge in [0.2, 0.25) is 5.88 Å². The van der Waals surface area contributed by atoms with Gasteiger partial charge in [0.15, 0.2) is 17.8 Å². The highest BCUT2D eigenvalue weighted by atomic mass is 19.1. The lowest BCUT2D eigenvalue weighted by Crippen LogP contribution is -2.44. The van der Waals surface area contributed by atoms with Gasteiger partial charge in [-0.25, -0.2) is 9.37 Å². The van der Waals surface area contributed by atoms with Crippen LogP contribution in [0.5, 0.6) is 17.4 Å². The first-order chi connectivity index (χ1) is 16.6. The van der Waals surface area contributed by atoms with Crippen LogP contribution in [0.4, 0.5) is 4.39 Å². The number of hydrogen-bond donors (Lipinski definition) is 2. The maximum Gasteiger partial charge on any atom is 0.213 e. The first-order valence-corrected chi connectivity index (χ1v) is 11.1. The molecule has 3 aromatic rings. The number of aliphatic hydroxyl groups excluding tert-OH is 1. The van der Waals surface area contributed by atoms with E-state index >= 15 is 0 Å². The van der Waals surface area contributed by atoms with Gasteiger partial charge in [-0.2, -0.15) is 0 Å². The Morgan fingerprint density at radius 1 is 1.15 bits per heavy atom. The van der Waals surface area contributed by atoms with Crippen LogP contribution in [0.1, 0.15) is 23.7 Å². The molecule has 2 aliphatic rings. The highest BCUT2D eigenvalue weighted by Gasteiger charge is 2.28. The van der Waals surface area contributed by atoms with Crippen LogP contribution in [-0.2, 0) is 16.0 Å². The Morgan fingerprint density at radius 2 is 1.94 bits per heavy atom. The van der Waals surface area contributed by atoms with Gasteiger partial charge in [0.1, 0.15) is 24.5 Å². The number of aliphatic hydroxyl groups is 1. The molecule has 180 valence electrons. The molecule has 0 spiro atoms. The molecular formula is C24H26FN3O6. The van der Waals surface area contributed by atoms with E-state index in [-0.39, 0.29) is 23.5 Å². The predicted octanol–water partition coefficient (Wildman–Crippen LogP) is 2.50. The van der Waals surface area contributed by atoms with Crippen molar-refractivity contribution < 1.29 is 33.2 Å². The normalized spacial score (nSPS) is 20.8. The quantitative estimate of drug-likeness (QED) is 0.538. The number of aromatic nitrogens is 2. The molecule has 2 aliphatic heterocycles. The van der Waals surface area contributed by atoms with Crippen molar-refractivity contribution in [3.8, 4) is 17.4 Å². The van der Waals surface area contributed by atoms with E-state index in [1.54, 1.807) is 12.1 Å². The van der Waals surface area contributed by atoms with Crippen LogP contribution in [0.2, 0.25) is 0 Å². The molecule has 2 aromatic heterocycles. The van der Waals surface area contributed by atoms with Gasteiger partial charge in [0, 0.05) is 24.6 Å². The van der Waals surface area contributed by atoms with Crippen molar-refractivity contribution in [1.82, 2.24) is 15.3 Å². The van der Waals surface area contributed by atoms with Gasteiger partial charge in [-0.15, -0.1) is 0 Å². The summed E-state index contributed by atoms with van der Waals surface area (Å²) in [5, 5.41) is 14.2. The summed E-state index contributed by atoms with van der Waals surface area (Å²) in [6, 6.07) is 9.13. The number of nitrogens with zero attached hydrogens (tertiary/aromatic N) is 2. The Bertz CT molecular complexity index is 1160. The summed E-state index contributed by atoms with van der Waals surface area (Å²) in [5.74, 6) is 1.17. The molecule has 34 heavy (non-hydrogen) atoms. The topological polar surface area (TPSA) is 104 Å². The Hall–Kier alpha value is -3.05. The first-order valence-electron chi connectivity index (χ1n) is 11.1. The number of fused-ring (bicyclic) bond motifs is 2. The minimum absolute atomic E-state index is 0.0222. The number of halogens is 1. The second-order valence-electron chi connectivity index (χ2n) is 8.14. The monoisotopic (exact) mass is 471 g/mol. The molecule has 1 saturated heterocycles. The minimum atomic E-state index is -1.18. The van der Waals surface area contributed by atoms with E-state index in [1.807, 2.05) is 18.2 Å². The molecule has 9 nitrogen and oxygen atoms in total. The number of nitrogens with one attached hydrogen (secondary N) is 1. The van der Waals surface area contributed by atoms with Gasteiger partial charge in [-0.1, -0.05) is 6.07 Å². The van der Waals surface area contributed by atoms with Crippen molar-refractivity contribution in [3.05, 3.63) is 53.5 Å². The maximum atomic E-state index is 14.6. The second kappa shape index (κ2) is 10.1. The largest absolute Gasteiger partial charge is 0.486 e. The zero-order chi connectivity index (χ0) is 23.5. The fraction of sp³-hybridized carbons (Fsp3) is 0.417. The van der Waals surface area contributed by atoms with Gasteiger partial charge in [-0.05, 0) is 23.8 Å². The van der Waals surface area contributed by atoms with Gasteiger partial charge in [-0.3, -0.25) is 4.98 Å². The van der Waals surface area contributed by atoms with Crippen molar-refractivity contribution >= 4 is 11.0 Å². The fourth-order valence-electron chi connectivity index (χ4n) is 4.03. The zero-order valence-electron chi connectivity index (χ0n) is 18.7. The standard InChI is InChI=1S/C24H26FN3O6/c1-30-21-5-3-17-24(28-21)23(16(25)11-27-17)18(29)9-22-33-12-15(13-34-22)26-10-14-2-4-19-20(8-14)32-7-6-31-19/h2-5,8,11,15,18,22,26,29H,6-7,9-10,12-13H2,1H3. The third-order valence-electron chi connectivity index (χ3n) is 5.80. The van der Waals surface area contributed by atoms with Crippen LogP contribution in [0.25, 0.3) is 11.0 Å². The molecule has 10 heteroatoms. The average Bonchev–Trinajstić information content (AvgIpc) is 2.87. The summed E-state index contributed by atoms with van der Waals surface area (Å²) < 4.78 is 42.4.